The van der Waals surface area contributed by atoms with E-state index in [9.17, 15) is 0 Å². The highest BCUT2D eigenvalue weighted by Gasteiger charge is 2.15. The molecule has 0 radical (unpaired) electrons. The number of terminal acetylenes is 1. The molecule has 1 unspecified atom stereocenters. The number of hydrogen-bond donors (Lipinski definition) is 2. The normalized spacial score (nSPS) is 20.7. The average molecular weight is 166 g/mol. The number of nitrogens with two attached hydrogens (primary N) is 1. The summed E-state index contributed by atoms with van der Waals surface area (Å²) in [5.41, 5.74) is 2.64. The van der Waals surface area contributed by atoms with Crippen LogP contribution in [0.1, 0.15) is 38.5 Å². The smallest absolute Gasteiger partial charge is 0.0815 e. The summed E-state index contributed by atoms with van der Waals surface area (Å²) in [6, 6.07) is 0.0746. The molecule has 2 heteroatoms. The van der Waals surface area contributed by atoms with E-state index in [0.717, 1.165) is 12.3 Å². The van der Waals surface area contributed by atoms with Gasteiger partial charge in [-0.2, -0.15) is 0 Å². The third-order valence-corrected chi connectivity index (χ3v) is 2.74. The summed E-state index contributed by atoms with van der Waals surface area (Å²) in [6.45, 7) is 0. The summed E-state index contributed by atoms with van der Waals surface area (Å²) < 4.78 is 0. The van der Waals surface area contributed by atoms with Crippen LogP contribution in [0.3, 0.4) is 0 Å². The fraction of sp³-hybridized carbons (Fsp3) is 0.800. The lowest BCUT2D eigenvalue weighted by Gasteiger charge is -2.12. The molecule has 0 spiro atoms. The maximum Gasteiger partial charge on any atom is 0.0815 e. The molecular weight excluding hydrogens is 148 g/mol. The molecular formula is C10H18N2. The second-order valence-electron chi connectivity index (χ2n) is 3.61. The number of rotatable bonds is 4. The van der Waals surface area contributed by atoms with Crippen molar-refractivity contribution in [3.05, 3.63) is 0 Å². The first kappa shape index (κ1) is 9.57. The SMILES string of the molecule is C#CC(CCC1CCCC1)NN. The van der Waals surface area contributed by atoms with Crippen LogP contribution in [0, 0.1) is 18.3 Å². The van der Waals surface area contributed by atoms with E-state index in [1.807, 2.05) is 0 Å². The molecule has 1 atom stereocenters. The van der Waals surface area contributed by atoms with Gasteiger partial charge in [0.25, 0.3) is 0 Å². The van der Waals surface area contributed by atoms with Gasteiger partial charge in [-0.25, -0.2) is 5.43 Å². The first-order valence-electron chi connectivity index (χ1n) is 4.79. The van der Waals surface area contributed by atoms with Gasteiger partial charge < -0.3 is 0 Å². The lowest BCUT2D eigenvalue weighted by molar-refractivity contribution is 0.448. The van der Waals surface area contributed by atoms with Gasteiger partial charge in [-0.3, -0.25) is 5.84 Å². The van der Waals surface area contributed by atoms with Crippen molar-refractivity contribution in [2.45, 2.75) is 44.6 Å². The Morgan fingerprint density at radius 3 is 2.67 bits per heavy atom. The third kappa shape index (κ3) is 2.84. The molecule has 2 nitrogen and oxygen atoms in total. The van der Waals surface area contributed by atoms with Gasteiger partial charge in [-0.1, -0.05) is 31.6 Å². The molecule has 0 aromatic heterocycles. The Hall–Kier alpha value is -0.520. The van der Waals surface area contributed by atoms with Crippen LogP contribution >= 0.6 is 0 Å². The molecule has 1 fully saturated rings. The van der Waals surface area contributed by atoms with Crippen molar-refractivity contribution in [1.29, 1.82) is 0 Å². The molecule has 1 aliphatic carbocycles. The van der Waals surface area contributed by atoms with E-state index in [0.29, 0.717) is 0 Å². The Morgan fingerprint density at radius 1 is 1.50 bits per heavy atom. The molecule has 0 aromatic carbocycles. The molecule has 0 saturated heterocycles. The zero-order valence-corrected chi connectivity index (χ0v) is 7.55. The van der Waals surface area contributed by atoms with E-state index >= 15 is 0 Å². The first-order valence-corrected chi connectivity index (χ1v) is 4.79. The van der Waals surface area contributed by atoms with Crippen LogP contribution in [-0.2, 0) is 0 Å². The van der Waals surface area contributed by atoms with Gasteiger partial charge in [0.1, 0.15) is 0 Å². The maximum absolute atomic E-state index is 5.28. The van der Waals surface area contributed by atoms with E-state index in [1.54, 1.807) is 0 Å². The van der Waals surface area contributed by atoms with Crippen molar-refractivity contribution in [3.8, 4) is 12.3 Å². The first-order chi connectivity index (χ1) is 5.86. The van der Waals surface area contributed by atoms with Crippen molar-refractivity contribution in [2.75, 3.05) is 0 Å². The Labute approximate surface area is 74.9 Å². The molecule has 0 amide bonds. The summed E-state index contributed by atoms with van der Waals surface area (Å²) >= 11 is 0. The number of nitrogens with one attached hydrogen (secondary N) is 1. The zero-order chi connectivity index (χ0) is 8.81. The third-order valence-electron chi connectivity index (χ3n) is 2.74. The fourth-order valence-corrected chi connectivity index (χ4v) is 1.92. The van der Waals surface area contributed by atoms with Crippen LogP contribution in [0.5, 0.6) is 0 Å². The molecule has 1 saturated carbocycles. The molecule has 1 aliphatic rings. The van der Waals surface area contributed by atoms with Crippen molar-refractivity contribution in [1.82, 2.24) is 5.43 Å². The molecule has 0 aliphatic heterocycles. The predicted octanol–water partition coefficient (Wildman–Crippen LogP) is 1.42. The lowest BCUT2D eigenvalue weighted by Crippen LogP contribution is -2.33. The number of hydrazine groups is 1. The van der Waals surface area contributed by atoms with Crippen molar-refractivity contribution < 1.29 is 0 Å². The second-order valence-corrected chi connectivity index (χ2v) is 3.61. The quantitative estimate of drug-likeness (QED) is 0.376. The molecule has 0 bridgehead atoms. The Bertz CT molecular complexity index is 154. The fourth-order valence-electron chi connectivity index (χ4n) is 1.92. The summed E-state index contributed by atoms with van der Waals surface area (Å²) in [4.78, 5) is 0. The van der Waals surface area contributed by atoms with Crippen LogP contribution < -0.4 is 11.3 Å². The van der Waals surface area contributed by atoms with Gasteiger partial charge >= 0.3 is 0 Å². The van der Waals surface area contributed by atoms with Gasteiger partial charge in [-0.15, -0.1) is 6.42 Å². The molecule has 1 rings (SSSR count). The number of hydrogen-bond acceptors (Lipinski definition) is 2. The van der Waals surface area contributed by atoms with Gasteiger partial charge in [-0.05, 0) is 18.8 Å². The minimum atomic E-state index is 0.0746. The van der Waals surface area contributed by atoms with Crippen molar-refractivity contribution in [3.63, 3.8) is 0 Å². The largest absolute Gasteiger partial charge is 0.270 e. The lowest BCUT2D eigenvalue weighted by atomic mass is 9.99. The molecule has 12 heavy (non-hydrogen) atoms. The highest BCUT2D eigenvalue weighted by Crippen LogP contribution is 2.28. The molecule has 3 N–H and O–H groups in total. The van der Waals surface area contributed by atoms with Gasteiger partial charge in [0.15, 0.2) is 0 Å². The van der Waals surface area contributed by atoms with Gasteiger partial charge in [0, 0.05) is 0 Å². The highest BCUT2D eigenvalue weighted by molar-refractivity contribution is 4.97. The van der Waals surface area contributed by atoms with Crippen molar-refractivity contribution >= 4 is 0 Å². The summed E-state index contributed by atoms with van der Waals surface area (Å²) in [5, 5.41) is 0. The second kappa shape index (κ2) is 5.18. The zero-order valence-electron chi connectivity index (χ0n) is 7.55. The minimum Gasteiger partial charge on any atom is -0.270 e. The molecule has 0 heterocycles. The van der Waals surface area contributed by atoms with Crippen LogP contribution in [0.4, 0.5) is 0 Å². The maximum atomic E-state index is 5.28. The van der Waals surface area contributed by atoms with E-state index in [4.69, 9.17) is 12.3 Å². The summed E-state index contributed by atoms with van der Waals surface area (Å²) in [7, 11) is 0. The van der Waals surface area contributed by atoms with E-state index in [1.165, 1.54) is 32.1 Å². The van der Waals surface area contributed by atoms with Crippen LogP contribution in [0.25, 0.3) is 0 Å². The standard InChI is InChI=1S/C10H18N2/c1-2-10(12-11)8-7-9-5-3-4-6-9/h1,9-10,12H,3-8,11H2. The Balaban J connectivity index is 2.11. The van der Waals surface area contributed by atoms with E-state index in [2.05, 4.69) is 11.3 Å². The van der Waals surface area contributed by atoms with E-state index in [-0.39, 0.29) is 6.04 Å². The predicted molar refractivity (Wildman–Crippen MR) is 51.1 cm³/mol. The van der Waals surface area contributed by atoms with Crippen LogP contribution in [-0.4, -0.2) is 6.04 Å². The molecule has 68 valence electrons. The van der Waals surface area contributed by atoms with E-state index < -0.39 is 0 Å². The monoisotopic (exact) mass is 166 g/mol. The van der Waals surface area contributed by atoms with Crippen LogP contribution in [0.2, 0.25) is 0 Å². The minimum absolute atomic E-state index is 0.0746. The summed E-state index contributed by atoms with van der Waals surface area (Å²) in [6.07, 6.45) is 13.1. The highest BCUT2D eigenvalue weighted by atomic mass is 15.2. The van der Waals surface area contributed by atoms with Crippen LogP contribution in [0.15, 0.2) is 0 Å². The van der Waals surface area contributed by atoms with Gasteiger partial charge in [0.05, 0.1) is 6.04 Å². The van der Waals surface area contributed by atoms with Crippen molar-refractivity contribution in [2.24, 2.45) is 11.8 Å². The molecule has 0 aromatic rings. The summed E-state index contributed by atoms with van der Waals surface area (Å²) in [5.74, 6) is 8.83. The Morgan fingerprint density at radius 2 is 2.17 bits per heavy atom. The van der Waals surface area contributed by atoms with Gasteiger partial charge in [0.2, 0.25) is 0 Å². The topological polar surface area (TPSA) is 38.0 Å². The average Bonchev–Trinajstić information content (AvgIpc) is 2.59. The Kier molecular flexibility index (Phi) is 4.13.